The first-order valence-corrected chi connectivity index (χ1v) is 11.4. The number of para-hydroxylation sites is 1. The molecule has 164 valence electrons. The van der Waals surface area contributed by atoms with E-state index in [1.54, 1.807) is 7.11 Å². The average Bonchev–Trinajstić information content (AvgIpc) is 3.13. The molecule has 0 aliphatic carbocycles. The first kappa shape index (κ1) is 20.8. The maximum absolute atomic E-state index is 13.1. The molecule has 3 aromatic rings. The Labute approximate surface area is 189 Å². The fourth-order valence-corrected chi connectivity index (χ4v) is 5.51. The van der Waals surface area contributed by atoms with Crippen LogP contribution in [0.4, 0.5) is 0 Å². The lowest BCUT2D eigenvalue weighted by Gasteiger charge is -2.44. The Balaban J connectivity index is 1.48. The highest BCUT2D eigenvalue weighted by molar-refractivity contribution is 5.89. The van der Waals surface area contributed by atoms with Gasteiger partial charge in [-0.2, -0.15) is 0 Å². The molecule has 3 aromatic carbocycles. The summed E-state index contributed by atoms with van der Waals surface area (Å²) in [5, 5.41) is 0. The number of carbonyl (C=O) groups excluding carboxylic acids is 1. The minimum Gasteiger partial charge on any atom is -0.496 e. The number of rotatable bonds is 6. The Morgan fingerprint density at radius 3 is 2.34 bits per heavy atom. The van der Waals surface area contributed by atoms with E-state index in [0.717, 1.165) is 37.1 Å². The molecule has 2 aliphatic rings. The Morgan fingerprint density at radius 2 is 1.59 bits per heavy atom. The number of carbonyl (C=O) groups is 1. The molecule has 0 aromatic heterocycles. The predicted molar refractivity (Wildman–Crippen MR) is 125 cm³/mol. The van der Waals surface area contributed by atoms with E-state index in [9.17, 15) is 4.79 Å². The molecule has 4 nitrogen and oxygen atoms in total. The van der Waals surface area contributed by atoms with Gasteiger partial charge >= 0.3 is 5.97 Å². The number of nitrogens with zero attached hydrogens (tertiary/aromatic N) is 1. The van der Waals surface area contributed by atoms with Gasteiger partial charge in [0.05, 0.1) is 12.7 Å². The largest absolute Gasteiger partial charge is 0.496 e. The maximum atomic E-state index is 13.1. The van der Waals surface area contributed by atoms with Crippen molar-refractivity contribution < 1.29 is 14.3 Å². The van der Waals surface area contributed by atoms with Gasteiger partial charge in [0.1, 0.15) is 11.9 Å². The molecule has 4 atom stereocenters. The van der Waals surface area contributed by atoms with E-state index < -0.39 is 0 Å². The van der Waals surface area contributed by atoms with Crippen LogP contribution in [-0.2, 0) is 11.3 Å². The van der Waals surface area contributed by atoms with Gasteiger partial charge in [-0.05, 0) is 43.0 Å². The lowest BCUT2D eigenvalue weighted by molar-refractivity contribution is -0.0345. The summed E-state index contributed by atoms with van der Waals surface area (Å²) in [6.07, 6.45) is 2.90. The fraction of sp³-hybridized carbons (Fsp3) is 0.321. The van der Waals surface area contributed by atoms with Gasteiger partial charge in [0.15, 0.2) is 0 Å². The highest BCUT2D eigenvalue weighted by Gasteiger charge is 2.50. The number of methoxy groups -OCH3 is 1. The third-order valence-electron chi connectivity index (χ3n) is 6.99. The van der Waals surface area contributed by atoms with Crippen LogP contribution in [0.15, 0.2) is 84.9 Å². The van der Waals surface area contributed by atoms with E-state index >= 15 is 0 Å². The van der Waals surface area contributed by atoms with Crippen LogP contribution in [0.2, 0.25) is 0 Å². The molecule has 0 radical (unpaired) electrons. The van der Waals surface area contributed by atoms with Crippen molar-refractivity contribution in [2.24, 2.45) is 0 Å². The van der Waals surface area contributed by atoms with E-state index in [1.807, 2.05) is 48.5 Å². The van der Waals surface area contributed by atoms with Gasteiger partial charge < -0.3 is 9.47 Å². The van der Waals surface area contributed by atoms with Gasteiger partial charge in [-0.3, -0.25) is 4.90 Å². The van der Waals surface area contributed by atoms with E-state index in [2.05, 4.69) is 41.3 Å². The molecule has 0 amide bonds. The average molecular weight is 428 g/mol. The van der Waals surface area contributed by atoms with Crippen molar-refractivity contribution in [1.82, 2.24) is 4.90 Å². The summed E-state index contributed by atoms with van der Waals surface area (Å²) >= 11 is 0. The van der Waals surface area contributed by atoms with E-state index in [4.69, 9.17) is 9.47 Å². The maximum Gasteiger partial charge on any atom is 0.338 e. The summed E-state index contributed by atoms with van der Waals surface area (Å²) in [4.78, 5) is 15.7. The van der Waals surface area contributed by atoms with Crippen LogP contribution >= 0.6 is 0 Å². The Kier molecular flexibility index (Phi) is 5.95. The van der Waals surface area contributed by atoms with E-state index in [1.165, 1.54) is 5.56 Å². The summed E-state index contributed by atoms with van der Waals surface area (Å²) in [6.45, 7) is 0.883. The van der Waals surface area contributed by atoms with Crippen molar-refractivity contribution >= 4 is 5.97 Å². The van der Waals surface area contributed by atoms with Crippen molar-refractivity contribution in [3.05, 3.63) is 102 Å². The Morgan fingerprint density at radius 1 is 0.906 bits per heavy atom. The second-order valence-corrected chi connectivity index (χ2v) is 8.78. The molecule has 4 heteroatoms. The van der Waals surface area contributed by atoms with Crippen LogP contribution in [0.1, 0.15) is 46.7 Å². The van der Waals surface area contributed by atoms with Crippen molar-refractivity contribution in [2.45, 2.75) is 49.9 Å². The minimum absolute atomic E-state index is 0.114. The molecule has 2 saturated heterocycles. The second kappa shape index (κ2) is 9.17. The van der Waals surface area contributed by atoms with E-state index in [-0.39, 0.29) is 24.0 Å². The van der Waals surface area contributed by atoms with Gasteiger partial charge in [-0.1, -0.05) is 66.7 Å². The summed E-state index contributed by atoms with van der Waals surface area (Å²) in [7, 11) is 1.71. The number of ether oxygens (including phenoxy) is 2. The topological polar surface area (TPSA) is 38.8 Å². The molecule has 0 N–H and O–H groups in total. The molecule has 2 aliphatic heterocycles. The molecule has 0 unspecified atom stereocenters. The van der Waals surface area contributed by atoms with Crippen LogP contribution in [0.25, 0.3) is 0 Å². The molecule has 0 spiro atoms. The number of fused-ring (bicyclic) bond motifs is 2. The molecule has 2 fully saturated rings. The van der Waals surface area contributed by atoms with Crippen molar-refractivity contribution in [1.29, 1.82) is 0 Å². The first-order chi connectivity index (χ1) is 15.7. The molecule has 2 bridgehead atoms. The number of hydrogen-bond acceptors (Lipinski definition) is 4. The van der Waals surface area contributed by atoms with Gasteiger partial charge in [-0.15, -0.1) is 0 Å². The Hall–Kier alpha value is -3.11. The van der Waals surface area contributed by atoms with Crippen molar-refractivity contribution in [3.8, 4) is 5.75 Å². The number of piperidine rings is 1. The summed E-state index contributed by atoms with van der Waals surface area (Å²) < 4.78 is 12.0. The third-order valence-corrected chi connectivity index (χ3v) is 6.99. The Bertz CT molecular complexity index is 1050. The highest BCUT2D eigenvalue weighted by Crippen LogP contribution is 2.47. The molecular weight excluding hydrogens is 398 g/mol. The zero-order chi connectivity index (χ0) is 21.9. The number of hydrogen-bond donors (Lipinski definition) is 0. The van der Waals surface area contributed by atoms with Gasteiger partial charge in [0, 0.05) is 30.1 Å². The zero-order valence-electron chi connectivity index (χ0n) is 18.4. The van der Waals surface area contributed by atoms with E-state index in [0.29, 0.717) is 11.6 Å². The number of benzene rings is 3. The smallest absolute Gasteiger partial charge is 0.338 e. The second-order valence-electron chi connectivity index (χ2n) is 8.78. The van der Waals surface area contributed by atoms with Crippen LogP contribution < -0.4 is 4.74 Å². The quantitative estimate of drug-likeness (QED) is 0.491. The molecular formula is C28H29NO3. The first-order valence-electron chi connectivity index (χ1n) is 11.4. The molecule has 0 saturated carbocycles. The van der Waals surface area contributed by atoms with Crippen LogP contribution in [0, 0.1) is 0 Å². The predicted octanol–water partition coefficient (Wildman–Crippen LogP) is 5.44. The van der Waals surface area contributed by atoms with Crippen LogP contribution in [0.3, 0.4) is 0 Å². The van der Waals surface area contributed by atoms with Crippen molar-refractivity contribution in [3.63, 3.8) is 0 Å². The van der Waals surface area contributed by atoms with Crippen LogP contribution in [0.5, 0.6) is 5.75 Å². The summed E-state index contributed by atoms with van der Waals surface area (Å²) in [5.41, 5.74) is 3.03. The zero-order valence-corrected chi connectivity index (χ0v) is 18.4. The van der Waals surface area contributed by atoms with Crippen LogP contribution in [-0.4, -0.2) is 36.2 Å². The fourth-order valence-electron chi connectivity index (χ4n) is 5.51. The summed E-state index contributed by atoms with van der Waals surface area (Å²) in [5.74, 6) is 0.734. The summed E-state index contributed by atoms with van der Waals surface area (Å²) in [6, 6.07) is 28.7. The molecule has 5 rings (SSSR count). The lowest BCUT2D eigenvalue weighted by atomic mass is 9.81. The minimum atomic E-state index is -0.250. The number of esters is 1. The normalized spacial score (nSPS) is 24.8. The lowest BCUT2D eigenvalue weighted by Crippen LogP contribution is -2.52. The molecule has 2 heterocycles. The van der Waals surface area contributed by atoms with Crippen molar-refractivity contribution in [2.75, 3.05) is 7.11 Å². The highest BCUT2D eigenvalue weighted by atomic mass is 16.5. The van der Waals surface area contributed by atoms with Gasteiger partial charge in [-0.25, -0.2) is 4.79 Å². The SMILES string of the molecule is COc1ccccc1[C@@H]1C[C@@H]2CC[C@@H]([C@@H]1OC(=O)c1ccccc1)N2Cc1ccccc1. The van der Waals surface area contributed by atoms with Gasteiger partial charge in [0.25, 0.3) is 0 Å². The third kappa shape index (κ3) is 4.03. The van der Waals surface area contributed by atoms with Gasteiger partial charge in [0.2, 0.25) is 0 Å². The molecule has 32 heavy (non-hydrogen) atoms. The monoisotopic (exact) mass is 427 g/mol. The standard InChI is InChI=1S/C28H29NO3/c1-31-26-15-9-8-14-23(26)24-18-22-16-17-25(29(22)19-20-10-4-2-5-11-20)27(24)32-28(30)21-12-6-3-7-13-21/h2-15,22,24-25,27H,16-19H2,1H3/t22-,24-,25-,27+/m0/s1.